The quantitative estimate of drug-likeness (QED) is 0.530. The van der Waals surface area contributed by atoms with Crippen LogP contribution < -0.4 is 15.4 Å². The van der Waals surface area contributed by atoms with Crippen molar-refractivity contribution >= 4 is 39.1 Å². The van der Waals surface area contributed by atoms with E-state index < -0.39 is 0 Å². The van der Waals surface area contributed by atoms with Crippen molar-refractivity contribution in [2.45, 2.75) is 13.8 Å². The second kappa shape index (κ2) is 9.39. The molecule has 0 aliphatic heterocycles. The molecule has 0 heterocycles. The van der Waals surface area contributed by atoms with Crippen molar-refractivity contribution in [1.29, 1.82) is 0 Å². The summed E-state index contributed by atoms with van der Waals surface area (Å²) in [5.41, 5.74) is 3.59. The number of ether oxygens (including phenoxy) is 1. The molecule has 0 unspecified atom stereocenters. The molecule has 0 aliphatic carbocycles. The van der Waals surface area contributed by atoms with Crippen molar-refractivity contribution in [1.82, 2.24) is 0 Å². The molecule has 2 N–H and O–H groups in total. The van der Waals surface area contributed by atoms with Crippen LogP contribution in [0.1, 0.15) is 21.5 Å². The van der Waals surface area contributed by atoms with E-state index in [0.717, 1.165) is 15.6 Å². The van der Waals surface area contributed by atoms with Gasteiger partial charge in [0.05, 0.1) is 0 Å². The average Bonchev–Trinajstić information content (AvgIpc) is 2.68. The van der Waals surface area contributed by atoms with Gasteiger partial charge in [0.25, 0.3) is 11.8 Å². The van der Waals surface area contributed by atoms with E-state index in [1.807, 2.05) is 56.3 Å². The number of hydrogen-bond acceptors (Lipinski definition) is 3. The third kappa shape index (κ3) is 5.68. The van der Waals surface area contributed by atoms with Crippen LogP contribution in [0.15, 0.2) is 71.2 Å². The van der Waals surface area contributed by atoms with Gasteiger partial charge in [0.15, 0.2) is 6.61 Å². The van der Waals surface area contributed by atoms with Crippen LogP contribution in [0, 0.1) is 13.8 Å². The molecule has 0 aromatic heterocycles. The number of halogens is 1. The van der Waals surface area contributed by atoms with Crippen LogP contribution >= 0.6 is 15.9 Å². The Bertz CT molecular complexity index is 1010. The van der Waals surface area contributed by atoms with E-state index in [9.17, 15) is 9.59 Å². The SMILES string of the molecule is Cc1cc(Br)cc(C)c1OCC(=O)Nc1cccc(C(=O)Nc2ccccc2)c1. The Morgan fingerprint density at radius 2 is 1.52 bits per heavy atom. The number of hydrogen-bond donors (Lipinski definition) is 2. The summed E-state index contributed by atoms with van der Waals surface area (Å²) in [4.78, 5) is 24.7. The lowest BCUT2D eigenvalue weighted by Gasteiger charge is -2.13. The lowest BCUT2D eigenvalue weighted by atomic mass is 10.1. The highest BCUT2D eigenvalue weighted by atomic mass is 79.9. The fourth-order valence-corrected chi connectivity index (χ4v) is 3.61. The van der Waals surface area contributed by atoms with Gasteiger partial charge in [-0.25, -0.2) is 0 Å². The van der Waals surface area contributed by atoms with E-state index in [4.69, 9.17) is 4.74 Å². The Hall–Kier alpha value is -3.12. The zero-order chi connectivity index (χ0) is 20.8. The van der Waals surface area contributed by atoms with Crippen LogP contribution in [0.25, 0.3) is 0 Å². The van der Waals surface area contributed by atoms with E-state index in [-0.39, 0.29) is 18.4 Å². The molecular formula is C23H21BrN2O3. The van der Waals surface area contributed by atoms with Crippen LogP contribution in [0.2, 0.25) is 0 Å². The highest BCUT2D eigenvalue weighted by Gasteiger charge is 2.11. The minimum Gasteiger partial charge on any atom is -0.483 e. The van der Waals surface area contributed by atoms with Crippen LogP contribution in [0.4, 0.5) is 11.4 Å². The molecule has 3 rings (SSSR count). The molecule has 0 saturated carbocycles. The van der Waals surface area contributed by atoms with E-state index in [2.05, 4.69) is 26.6 Å². The fourth-order valence-electron chi connectivity index (χ4n) is 2.92. The lowest BCUT2D eigenvalue weighted by molar-refractivity contribution is -0.118. The van der Waals surface area contributed by atoms with Crippen molar-refractivity contribution in [3.63, 3.8) is 0 Å². The van der Waals surface area contributed by atoms with Gasteiger partial charge in [-0.1, -0.05) is 40.2 Å². The normalized spacial score (nSPS) is 10.3. The number of nitrogens with one attached hydrogen (secondary N) is 2. The van der Waals surface area contributed by atoms with Gasteiger partial charge >= 0.3 is 0 Å². The van der Waals surface area contributed by atoms with E-state index in [0.29, 0.717) is 22.7 Å². The maximum absolute atomic E-state index is 12.4. The molecule has 0 spiro atoms. The molecule has 6 heteroatoms. The van der Waals surface area contributed by atoms with Crippen molar-refractivity contribution < 1.29 is 14.3 Å². The molecule has 0 fully saturated rings. The first kappa shape index (κ1) is 20.6. The van der Waals surface area contributed by atoms with Gasteiger partial charge in [0.1, 0.15) is 5.75 Å². The van der Waals surface area contributed by atoms with Gasteiger partial charge in [-0.15, -0.1) is 0 Å². The standard InChI is InChI=1S/C23H21BrN2O3/c1-15-11-18(24)12-16(2)22(15)29-14-21(27)25-20-10-6-7-17(13-20)23(28)26-19-8-4-3-5-9-19/h3-13H,14H2,1-2H3,(H,25,27)(H,26,28). The number of para-hydroxylation sites is 1. The molecule has 3 aromatic rings. The predicted octanol–water partition coefficient (Wildman–Crippen LogP) is 5.34. The van der Waals surface area contributed by atoms with Crippen molar-refractivity contribution in [2.24, 2.45) is 0 Å². The Morgan fingerprint density at radius 1 is 0.862 bits per heavy atom. The fraction of sp³-hybridized carbons (Fsp3) is 0.130. The number of benzene rings is 3. The molecule has 29 heavy (non-hydrogen) atoms. The van der Waals surface area contributed by atoms with Crippen molar-refractivity contribution in [2.75, 3.05) is 17.2 Å². The largest absolute Gasteiger partial charge is 0.483 e. The molecule has 0 atom stereocenters. The summed E-state index contributed by atoms with van der Waals surface area (Å²) in [6.07, 6.45) is 0. The Labute approximate surface area is 178 Å². The third-order valence-corrected chi connectivity index (χ3v) is 4.67. The molecule has 0 saturated heterocycles. The molecule has 5 nitrogen and oxygen atoms in total. The first-order valence-electron chi connectivity index (χ1n) is 9.08. The zero-order valence-corrected chi connectivity index (χ0v) is 17.7. The molecule has 148 valence electrons. The predicted molar refractivity (Wildman–Crippen MR) is 119 cm³/mol. The summed E-state index contributed by atoms with van der Waals surface area (Å²) in [7, 11) is 0. The Morgan fingerprint density at radius 3 is 2.21 bits per heavy atom. The minimum absolute atomic E-state index is 0.121. The molecule has 3 aromatic carbocycles. The molecule has 2 amide bonds. The third-order valence-electron chi connectivity index (χ3n) is 4.21. The molecule has 0 radical (unpaired) electrons. The number of amides is 2. The van der Waals surface area contributed by atoms with Crippen molar-refractivity contribution in [3.8, 4) is 5.75 Å². The first-order chi connectivity index (χ1) is 13.9. The number of carbonyl (C=O) groups excluding carboxylic acids is 2. The van der Waals surface area contributed by atoms with Gasteiger partial charge in [0, 0.05) is 21.4 Å². The topological polar surface area (TPSA) is 67.4 Å². The van der Waals surface area contributed by atoms with Gasteiger partial charge in [-0.2, -0.15) is 0 Å². The number of anilines is 2. The maximum Gasteiger partial charge on any atom is 0.262 e. The van der Waals surface area contributed by atoms with Crippen LogP contribution in [0.5, 0.6) is 5.75 Å². The minimum atomic E-state index is -0.299. The second-order valence-electron chi connectivity index (χ2n) is 6.61. The van der Waals surface area contributed by atoms with E-state index >= 15 is 0 Å². The van der Waals surface area contributed by atoms with Gasteiger partial charge < -0.3 is 15.4 Å². The highest BCUT2D eigenvalue weighted by Crippen LogP contribution is 2.27. The smallest absolute Gasteiger partial charge is 0.262 e. The molecule has 0 bridgehead atoms. The van der Waals surface area contributed by atoms with Crippen molar-refractivity contribution in [3.05, 3.63) is 87.9 Å². The number of rotatable bonds is 6. The summed E-state index contributed by atoms with van der Waals surface area (Å²) in [5.74, 6) is 0.149. The van der Waals surface area contributed by atoms with E-state index in [1.165, 1.54) is 0 Å². The first-order valence-corrected chi connectivity index (χ1v) is 9.87. The van der Waals surface area contributed by atoms with Crippen LogP contribution in [-0.2, 0) is 4.79 Å². The zero-order valence-electron chi connectivity index (χ0n) is 16.2. The maximum atomic E-state index is 12.4. The second-order valence-corrected chi connectivity index (χ2v) is 7.52. The van der Waals surface area contributed by atoms with Crippen LogP contribution in [-0.4, -0.2) is 18.4 Å². The van der Waals surface area contributed by atoms with E-state index in [1.54, 1.807) is 24.3 Å². The Balaban J connectivity index is 1.61. The average molecular weight is 453 g/mol. The Kier molecular flexibility index (Phi) is 6.67. The number of carbonyl (C=O) groups is 2. The molecule has 0 aliphatic rings. The number of aryl methyl sites for hydroxylation is 2. The molecular weight excluding hydrogens is 432 g/mol. The summed E-state index contributed by atoms with van der Waals surface area (Å²) < 4.78 is 6.67. The highest BCUT2D eigenvalue weighted by molar-refractivity contribution is 9.10. The summed E-state index contributed by atoms with van der Waals surface area (Å²) >= 11 is 3.44. The summed E-state index contributed by atoms with van der Waals surface area (Å²) in [6.45, 7) is 3.74. The van der Waals surface area contributed by atoms with Crippen LogP contribution in [0.3, 0.4) is 0 Å². The summed E-state index contributed by atoms with van der Waals surface area (Å²) in [6, 6.07) is 19.9. The van der Waals surface area contributed by atoms with Gasteiger partial charge in [-0.05, 0) is 67.4 Å². The van der Waals surface area contributed by atoms with Gasteiger partial charge in [0.2, 0.25) is 0 Å². The van der Waals surface area contributed by atoms with Gasteiger partial charge in [-0.3, -0.25) is 9.59 Å². The summed E-state index contributed by atoms with van der Waals surface area (Å²) in [5, 5.41) is 5.59. The monoisotopic (exact) mass is 452 g/mol. The lowest BCUT2D eigenvalue weighted by Crippen LogP contribution is -2.21.